The van der Waals surface area contributed by atoms with Gasteiger partial charge < -0.3 is 19.6 Å². The Labute approximate surface area is 153 Å². The number of hydrogen-bond donors (Lipinski definition) is 1. The van der Waals surface area contributed by atoms with Crippen molar-refractivity contribution >= 4 is 17.8 Å². The maximum atomic E-state index is 12.4. The second-order valence-corrected chi connectivity index (χ2v) is 6.78. The summed E-state index contributed by atoms with van der Waals surface area (Å²) in [6, 6.07) is 7.39. The van der Waals surface area contributed by atoms with Gasteiger partial charge in [0.2, 0.25) is 5.91 Å². The van der Waals surface area contributed by atoms with E-state index in [0.717, 1.165) is 5.56 Å². The quantitative estimate of drug-likeness (QED) is 0.829. The number of ether oxygens (including phenoxy) is 1. The Hall–Kier alpha value is -2.57. The molecule has 7 nitrogen and oxygen atoms in total. The first-order valence-electron chi connectivity index (χ1n) is 8.77. The lowest BCUT2D eigenvalue weighted by molar-refractivity contribution is -0.148. The van der Waals surface area contributed by atoms with E-state index in [-0.39, 0.29) is 24.9 Å². The summed E-state index contributed by atoms with van der Waals surface area (Å²) in [7, 11) is 1.55. The van der Waals surface area contributed by atoms with Crippen molar-refractivity contribution in [3.8, 4) is 5.75 Å². The van der Waals surface area contributed by atoms with Gasteiger partial charge in [-0.05, 0) is 38.8 Å². The Balaban J connectivity index is 1.88. The van der Waals surface area contributed by atoms with Gasteiger partial charge in [-0.2, -0.15) is 0 Å². The number of rotatable bonds is 6. The number of likely N-dealkylation sites (N-methyl/N-ethyl adjacent to an activating group) is 1. The van der Waals surface area contributed by atoms with Crippen LogP contribution in [0, 0.1) is 12.8 Å². The molecule has 0 radical (unpaired) electrons. The number of aliphatic carboxylic acids is 1. The third-order valence-electron chi connectivity index (χ3n) is 4.55. The molecule has 0 aromatic heterocycles. The number of hydrogen-bond acceptors (Lipinski definition) is 4. The third-order valence-corrected chi connectivity index (χ3v) is 4.55. The molecule has 1 aliphatic rings. The van der Waals surface area contributed by atoms with E-state index in [9.17, 15) is 14.4 Å². The van der Waals surface area contributed by atoms with Crippen molar-refractivity contribution in [2.75, 3.05) is 26.7 Å². The molecule has 1 saturated heterocycles. The smallest absolute Gasteiger partial charge is 0.308 e. The highest BCUT2D eigenvalue weighted by Gasteiger charge is 2.29. The van der Waals surface area contributed by atoms with E-state index in [1.807, 2.05) is 19.1 Å². The fourth-order valence-electron chi connectivity index (χ4n) is 2.97. The van der Waals surface area contributed by atoms with Crippen molar-refractivity contribution in [2.24, 2.45) is 5.92 Å². The third kappa shape index (κ3) is 5.21. The van der Waals surface area contributed by atoms with E-state index < -0.39 is 18.0 Å². The molecule has 0 bridgehead atoms. The fourth-order valence-corrected chi connectivity index (χ4v) is 2.97. The van der Waals surface area contributed by atoms with Crippen LogP contribution in [0.3, 0.4) is 0 Å². The summed E-state index contributed by atoms with van der Waals surface area (Å²) in [4.78, 5) is 38.8. The largest absolute Gasteiger partial charge is 0.481 e. The number of likely N-dealkylation sites (tertiary alicyclic amines) is 1. The minimum atomic E-state index is -0.882. The van der Waals surface area contributed by atoms with Crippen molar-refractivity contribution in [1.29, 1.82) is 0 Å². The van der Waals surface area contributed by atoms with E-state index >= 15 is 0 Å². The fraction of sp³-hybridized carbons (Fsp3) is 0.526. The first kappa shape index (κ1) is 19.8. The molecule has 2 rings (SSSR count). The van der Waals surface area contributed by atoms with Crippen molar-refractivity contribution in [3.63, 3.8) is 0 Å². The Bertz CT molecular complexity index is 658. The zero-order chi connectivity index (χ0) is 19.3. The van der Waals surface area contributed by atoms with Crippen LogP contribution in [0.1, 0.15) is 25.3 Å². The summed E-state index contributed by atoms with van der Waals surface area (Å²) in [6.07, 6.45) is 0.520. The number of benzene rings is 1. The number of nitrogens with zero attached hydrogens (tertiary/aromatic N) is 2. The molecule has 1 heterocycles. The van der Waals surface area contributed by atoms with Crippen LogP contribution in [0.4, 0.5) is 0 Å². The van der Waals surface area contributed by atoms with E-state index in [0.29, 0.717) is 25.1 Å². The van der Waals surface area contributed by atoms with Gasteiger partial charge in [-0.15, -0.1) is 0 Å². The Morgan fingerprint density at radius 3 is 2.58 bits per heavy atom. The summed E-state index contributed by atoms with van der Waals surface area (Å²) in [5, 5.41) is 9.12. The molecular weight excluding hydrogens is 336 g/mol. The van der Waals surface area contributed by atoms with Crippen LogP contribution in [-0.2, 0) is 14.4 Å². The maximum Gasteiger partial charge on any atom is 0.308 e. The van der Waals surface area contributed by atoms with Crippen LogP contribution in [-0.4, -0.2) is 65.5 Å². The number of amides is 2. The molecule has 2 unspecified atom stereocenters. The zero-order valence-corrected chi connectivity index (χ0v) is 15.5. The van der Waals surface area contributed by atoms with Crippen LogP contribution in [0.5, 0.6) is 5.75 Å². The molecule has 1 aliphatic heterocycles. The molecule has 1 fully saturated rings. The van der Waals surface area contributed by atoms with Crippen LogP contribution in [0.25, 0.3) is 0 Å². The summed E-state index contributed by atoms with van der Waals surface area (Å²) in [5.74, 6) is -1.36. The van der Waals surface area contributed by atoms with Crippen LogP contribution in [0.15, 0.2) is 24.3 Å². The minimum Gasteiger partial charge on any atom is -0.481 e. The standard InChI is InChI=1S/C19H26N2O5/c1-13-6-8-16(9-7-13)26-14(2)18(23)20(3)12-17(22)21-10-4-5-15(11-21)19(24)25/h6-9,14-15H,4-5,10-12H2,1-3H3,(H,24,25). The van der Waals surface area contributed by atoms with E-state index in [4.69, 9.17) is 9.84 Å². The number of carboxylic acid groups (broad SMARTS) is 1. The number of carbonyl (C=O) groups excluding carboxylic acids is 2. The second kappa shape index (κ2) is 8.69. The van der Waals surface area contributed by atoms with E-state index in [1.165, 1.54) is 9.80 Å². The first-order valence-corrected chi connectivity index (χ1v) is 8.77. The normalized spacial score (nSPS) is 18.1. The summed E-state index contributed by atoms with van der Waals surface area (Å²) < 4.78 is 5.63. The van der Waals surface area contributed by atoms with Gasteiger partial charge in [-0.25, -0.2) is 0 Å². The highest BCUT2D eigenvalue weighted by atomic mass is 16.5. The van der Waals surface area contributed by atoms with Gasteiger partial charge in [0, 0.05) is 20.1 Å². The van der Waals surface area contributed by atoms with Crippen molar-refractivity contribution < 1.29 is 24.2 Å². The topological polar surface area (TPSA) is 87.2 Å². The number of aryl methyl sites for hydroxylation is 1. The SMILES string of the molecule is Cc1ccc(OC(C)C(=O)N(C)CC(=O)N2CCCC(C(=O)O)C2)cc1. The lowest BCUT2D eigenvalue weighted by Crippen LogP contribution is -2.48. The average molecular weight is 362 g/mol. The lowest BCUT2D eigenvalue weighted by atomic mass is 9.98. The molecule has 2 atom stereocenters. The first-order chi connectivity index (χ1) is 12.3. The Morgan fingerprint density at radius 2 is 1.96 bits per heavy atom. The van der Waals surface area contributed by atoms with Gasteiger partial charge in [0.1, 0.15) is 5.75 Å². The molecule has 142 valence electrons. The number of carboxylic acids is 1. The maximum absolute atomic E-state index is 12.4. The molecule has 1 N–H and O–H groups in total. The summed E-state index contributed by atoms with van der Waals surface area (Å²) in [5.41, 5.74) is 1.10. The summed E-state index contributed by atoms with van der Waals surface area (Å²) in [6.45, 7) is 4.25. The van der Waals surface area contributed by atoms with Gasteiger partial charge in [0.05, 0.1) is 12.5 Å². The van der Waals surface area contributed by atoms with Gasteiger partial charge >= 0.3 is 5.97 Å². The van der Waals surface area contributed by atoms with Crippen molar-refractivity contribution in [3.05, 3.63) is 29.8 Å². The van der Waals surface area contributed by atoms with Crippen molar-refractivity contribution in [2.45, 2.75) is 32.8 Å². The Morgan fingerprint density at radius 1 is 1.31 bits per heavy atom. The van der Waals surface area contributed by atoms with Gasteiger partial charge in [-0.3, -0.25) is 14.4 Å². The minimum absolute atomic E-state index is 0.0905. The van der Waals surface area contributed by atoms with Crippen LogP contribution >= 0.6 is 0 Å². The molecule has 1 aromatic rings. The van der Waals surface area contributed by atoms with Gasteiger partial charge in [0.25, 0.3) is 5.91 Å². The predicted octanol–water partition coefficient (Wildman–Crippen LogP) is 1.54. The van der Waals surface area contributed by atoms with Crippen molar-refractivity contribution in [1.82, 2.24) is 9.80 Å². The van der Waals surface area contributed by atoms with E-state index in [1.54, 1.807) is 26.1 Å². The lowest BCUT2D eigenvalue weighted by Gasteiger charge is -2.32. The average Bonchev–Trinajstić information content (AvgIpc) is 2.62. The zero-order valence-electron chi connectivity index (χ0n) is 15.5. The molecule has 1 aromatic carbocycles. The van der Waals surface area contributed by atoms with Crippen LogP contribution in [0.2, 0.25) is 0 Å². The van der Waals surface area contributed by atoms with Gasteiger partial charge in [-0.1, -0.05) is 17.7 Å². The predicted molar refractivity (Wildman–Crippen MR) is 95.8 cm³/mol. The molecule has 0 saturated carbocycles. The monoisotopic (exact) mass is 362 g/mol. The number of piperidine rings is 1. The molecular formula is C19H26N2O5. The van der Waals surface area contributed by atoms with E-state index in [2.05, 4.69) is 0 Å². The molecule has 2 amide bonds. The highest BCUT2D eigenvalue weighted by molar-refractivity contribution is 5.87. The second-order valence-electron chi connectivity index (χ2n) is 6.78. The molecule has 0 spiro atoms. The van der Waals surface area contributed by atoms with Gasteiger partial charge in [0.15, 0.2) is 6.10 Å². The molecule has 7 heteroatoms. The molecule has 0 aliphatic carbocycles. The highest BCUT2D eigenvalue weighted by Crippen LogP contribution is 2.17. The molecule has 26 heavy (non-hydrogen) atoms. The summed E-state index contributed by atoms with van der Waals surface area (Å²) >= 11 is 0. The number of carbonyl (C=O) groups is 3. The Kier molecular flexibility index (Phi) is 6.60. The van der Waals surface area contributed by atoms with Crippen LogP contribution < -0.4 is 4.74 Å².